The van der Waals surface area contributed by atoms with Gasteiger partial charge in [-0.15, -0.1) is 0 Å². The van der Waals surface area contributed by atoms with Crippen molar-refractivity contribution in [1.29, 1.82) is 0 Å². The number of carbonyl (C=O) groups excluding carboxylic acids is 3. The predicted octanol–water partition coefficient (Wildman–Crippen LogP) is 4.78. The van der Waals surface area contributed by atoms with Crippen LogP contribution in [0.4, 0.5) is 0 Å². The van der Waals surface area contributed by atoms with Gasteiger partial charge in [0.25, 0.3) is 0 Å². The average Bonchev–Trinajstić information content (AvgIpc) is 2.83. The number of quaternary nitrogens is 1. The van der Waals surface area contributed by atoms with E-state index in [-0.39, 0.29) is 31.4 Å². The van der Waals surface area contributed by atoms with Crippen LogP contribution in [-0.4, -0.2) is 73.9 Å². The molecule has 9 heteroatoms. The molecule has 1 unspecified atom stereocenters. The van der Waals surface area contributed by atoms with Crippen molar-refractivity contribution in [3.05, 3.63) is 0 Å². The Morgan fingerprint density at radius 1 is 0.615 bits per heavy atom. The second-order valence-electron chi connectivity index (χ2n) is 11.7. The number of ether oxygens (including phenoxy) is 2. The number of carboxylic acid groups (broad SMARTS) is 2. The molecule has 39 heavy (non-hydrogen) atoms. The smallest absolute Gasteiger partial charge is 0.306 e. The first-order valence-corrected chi connectivity index (χ1v) is 15.1. The topological polar surface area (TPSA) is 130 Å². The number of unbranched alkanes of at least 4 members (excludes halogenated alkanes) is 14. The fourth-order valence-electron chi connectivity index (χ4n) is 4.44. The number of nitrogens with zero attached hydrogens (tertiary/aromatic N) is 1. The van der Waals surface area contributed by atoms with Crippen LogP contribution < -0.4 is 5.11 Å². The summed E-state index contributed by atoms with van der Waals surface area (Å²) in [7, 11) is 6.02. The van der Waals surface area contributed by atoms with E-state index < -0.39 is 18.0 Å². The van der Waals surface area contributed by atoms with E-state index >= 15 is 0 Å². The number of carboxylic acids is 2. The van der Waals surface area contributed by atoms with E-state index in [0.29, 0.717) is 30.3 Å². The summed E-state index contributed by atoms with van der Waals surface area (Å²) >= 11 is 0. The molecule has 0 saturated heterocycles. The summed E-state index contributed by atoms with van der Waals surface area (Å²) < 4.78 is 11.7. The molecule has 0 aromatic rings. The van der Waals surface area contributed by atoms with Crippen molar-refractivity contribution >= 4 is 23.9 Å². The van der Waals surface area contributed by atoms with E-state index in [4.69, 9.17) is 14.6 Å². The van der Waals surface area contributed by atoms with E-state index in [1.165, 1.54) is 0 Å². The number of esters is 2. The van der Waals surface area contributed by atoms with Gasteiger partial charge in [-0.1, -0.05) is 77.0 Å². The molecule has 0 rings (SSSR count). The lowest BCUT2D eigenvalue weighted by Gasteiger charge is -2.28. The Morgan fingerprint density at radius 2 is 1.00 bits per heavy atom. The number of aliphatic carboxylic acids is 2. The maximum Gasteiger partial charge on any atom is 0.306 e. The first-order chi connectivity index (χ1) is 18.5. The Balaban J connectivity index is 3.97. The second-order valence-corrected chi connectivity index (χ2v) is 11.7. The van der Waals surface area contributed by atoms with Gasteiger partial charge >= 0.3 is 17.9 Å². The van der Waals surface area contributed by atoms with Gasteiger partial charge in [-0.2, -0.15) is 0 Å². The molecular weight excluding hydrogens is 502 g/mol. The SMILES string of the molecule is C[N+](C)(C)CC(COC(=O)CCCCCCCCCCC(=O)O)OC(=O)CCCCCCCCCCC(=O)[O-]. The van der Waals surface area contributed by atoms with E-state index in [1.807, 2.05) is 21.1 Å². The first-order valence-electron chi connectivity index (χ1n) is 15.1. The molecule has 0 heterocycles. The van der Waals surface area contributed by atoms with Crippen molar-refractivity contribution in [1.82, 2.24) is 0 Å². The van der Waals surface area contributed by atoms with Crippen molar-refractivity contribution in [2.45, 2.75) is 135 Å². The third-order valence-corrected chi connectivity index (χ3v) is 6.51. The van der Waals surface area contributed by atoms with Crippen molar-refractivity contribution < 1.29 is 43.3 Å². The average molecular weight is 558 g/mol. The molecule has 0 saturated carbocycles. The van der Waals surface area contributed by atoms with E-state index in [2.05, 4.69) is 0 Å². The molecule has 228 valence electrons. The molecule has 0 aliphatic carbocycles. The molecule has 0 aromatic heterocycles. The van der Waals surface area contributed by atoms with Crippen LogP contribution >= 0.6 is 0 Å². The van der Waals surface area contributed by atoms with Crippen LogP contribution in [0, 0.1) is 0 Å². The quantitative estimate of drug-likeness (QED) is 0.0867. The van der Waals surface area contributed by atoms with Gasteiger partial charge in [-0.05, 0) is 32.1 Å². The number of rotatable bonds is 27. The molecule has 0 aliphatic heterocycles. The maximum absolute atomic E-state index is 12.4. The van der Waals surface area contributed by atoms with Crippen LogP contribution in [0.1, 0.15) is 128 Å². The highest BCUT2D eigenvalue weighted by atomic mass is 16.6. The Hall–Kier alpha value is -2.16. The Kier molecular flexibility index (Phi) is 22.4. The maximum atomic E-state index is 12.4. The van der Waals surface area contributed by atoms with Gasteiger partial charge in [-0.3, -0.25) is 14.4 Å². The zero-order chi connectivity index (χ0) is 29.4. The molecule has 0 amide bonds. The zero-order valence-electron chi connectivity index (χ0n) is 24.9. The molecule has 0 aliphatic rings. The predicted molar refractivity (Wildman–Crippen MR) is 149 cm³/mol. The summed E-state index contributed by atoms with van der Waals surface area (Å²) in [6.07, 6.45) is 15.9. The fourth-order valence-corrected chi connectivity index (χ4v) is 4.44. The van der Waals surface area contributed by atoms with Gasteiger partial charge in [-0.25, -0.2) is 0 Å². The van der Waals surface area contributed by atoms with E-state index in [9.17, 15) is 24.3 Å². The Morgan fingerprint density at radius 3 is 1.41 bits per heavy atom. The zero-order valence-corrected chi connectivity index (χ0v) is 24.9. The minimum Gasteiger partial charge on any atom is -0.550 e. The summed E-state index contributed by atoms with van der Waals surface area (Å²) in [5.74, 6) is -2.23. The first kappa shape index (κ1) is 36.8. The van der Waals surface area contributed by atoms with Gasteiger partial charge in [0.1, 0.15) is 13.2 Å². The molecule has 0 aromatic carbocycles. The van der Waals surface area contributed by atoms with Gasteiger partial charge in [0.05, 0.1) is 21.1 Å². The second kappa shape index (κ2) is 23.7. The van der Waals surface area contributed by atoms with E-state index in [0.717, 1.165) is 96.3 Å². The minimum absolute atomic E-state index is 0.0778. The monoisotopic (exact) mass is 557 g/mol. The lowest BCUT2D eigenvalue weighted by molar-refractivity contribution is -0.873. The minimum atomic E-state index is -0.981. The van der Waals surface area contributed by atoms with Crippen LogP contribution in [-0.2, 0) is 28.7 Å². The highest BCUT2D eigenvalue weighted by Gasteiger charge is 2.23. The number of carbonyl (C=O) groups is 4. The number of hydrogen-bond acceptors (Lipinski definition) is 7. The van der Waals surface area contributed by atoms with Crippen LogP contribution in [0.5, 0.6) is 0 Å². The standard InChI is InChI=1S/C30H55NO8/c1-31(2,3)24-26(39-30(37)23-19-15-11-7-5-9-13-17-21-28(34)35)25-38-29(36)22-18-14-10-6-4-8-12-16-20-27(32)33/h26H,4-25H2,1-3H3,(H-,32,33,34,35). The van der Waals surface area contributed by atoms with Crippen molar-refractivity contribution in [2.24, 2.45) is 0 Å². The lowest BCUT2D eigenvalue weighted by Crippen LogP contribution is -2.45. The molecule has 0 fully saturated rings. The van der Waals surface area contributed by atoms with Gasteiger partial charge < -0.3 is 29.0 Å². The van der Waals surface area contributed by atoms with Crippen LogP contribution in [0.15, 0.2) is 0 Å². The van der Waals surface area contributed by atoms with Gasteiger partial charge in [0, 0.05) is 25.2 Å². The molecule has 0 spiro atoms. The summed E-state index contributed by atoms with van der Waals surface area (Å²) in [6.45, 7) is 0.637. The van der Waals surface area contributed by atoms with Crippen molar-refractivity contribution in [3.8, 4) is 0 Å². The third kappa shape index (κ3) is 28.7. The summed E-state index contributed by atoms with van der Waals surface area (Å²) in [5, 5.41) is 19.0. The summed E-state index contributed by atoms with van der Waals surface area (Å²) in [6, 6.07) is 0. The van der Waals surface area contributed by atoms with Crippen LogP contribution in [0.2, 0.25) is 0 Å². The van der Waals surface area contributed by atoms with Gasteiger partial charge in [0.15, 0.2) is 6.10 Å². The largest absolute Gasteiger partial charge is 0.550 e. The highest BCUT2D eigenvalue weighted by Crippen LogP contribution is 2.13. The van der Waals surface area contributed by atoms with Crippen molar-refractivity contribution in [2.75, 3.05) is 34.3 Å². The molecule has 0 radical (unpaired) electrons. The normalized spacial score (nSPS) is 12.2. The summed E-state index contributed by atoms with van der Waals surface area (Å²) in [4.78, 5) is 45.5. The highest BCUT2D eigenvalue weighted by molar-refractivity contribution is 5.70. The van der Waals surface area contributed by atoms with Gasteiger partial charge in [0.2, 0.25) is 0 Å². The van der Waals surface area contributed by atoms with E-state index in [1.54, 1.807) is 0 Å². The Bertz CT molecular complexity index is 674. The molecule has 9 nitrogen and oxygen atoms in total. The van der Waals surface area contributed by atoms with Crippen LogP contribution in [0.3, 0.4) is 0 Å². The molecular formula is C30H55NO8. The molecule has 1 atom stereocenters. The number of likely N-dealkylation sites (N-methyl/N-ethyl adjacent to an activating group) is 1. The van der Waals surface area contributed by atoms with Crippen LogP contribution in [0.25, 0.3) is 0 Å². The Labute approximate surface area is 236 Å². The third-order valence-electron chi connectivity index (χ3n) is 6.51. The lowest BCUT2D eigenvalue weighted by atomic mass is 10.1. The molecule has 0 bridgehead atoms. The molecule has 1 N–H and O–H groups in total. The fraction of sp³-hybridized carbons (Fsp3) is 0.867. The summed E-state index contributed by atoms with van der Waals surface area (Å²) in [5.41, 5.74) is 0. The number of hydrogen-bond donors (Lipinski definition) is 1. The van der Waals surface area contributed by atoms with Crippen molar-refractivity contribution in [3.63, 3.8) is 0 Å².